The lowest BCUT2D eigenvalue weighted by molar-refractivity contribution is 0.212. The van der Waals surface area contributed by atoms with Crippen LogP contribution in [0.2, 0.25) is 0 Å². The van der Waals surface area contributed by atoms with Crippen LogP contribution in [0.1, 0.15) is 13.8 Å². The van der Waals surface area contributed by atoms with Crippen LogP contribution >= 0.6 is 0 Å². The molecule has 1 atom stereocenters. The standard InChI is InChI=1S/C5H10N2O2/c1-4(6-8)5(2)7-9-3/h4H,1-3H3. The number of hydrogen-bond acceptors (Lipinski definition) is 4. The SMILES string of the molecule is CON=C(C)C(C)N=O. The lowest BCUT2D eigenvalue weighted by atomic mass is 10.2. The molecule has 0 saturated carbocycles. The van der Waals surface area contributed by atoms with Gasteiger partial charge >= 0.3 is 0 Å². The van der Waals surface area contributed by atoms with Crippen molar-refractivity contribution in [3.05, 3.63) is 4.91 Å². The van der Waals surface area contributed by atoms with Crippen molar-refractivity contribution >= 4 is 5.71 Å². The lowest BCUT2D eigenvalue weighted by Gasteiger charge is -1.97. The van der Waals surface area contributed by atoms with Crippen molar-refractivity contribution in [2.45, 2.75) is 19.9 Å². The molecule has 9 heavy (non-hydrogen) atoms. The van der Waals surface area contributed by atoms with Crippen LogP contribution < -0.4 is 0 Å². The molecule has 1 unspecified atom stereocenters. The van der Waals surface area contributed by atoms with Crippen LogP contribution in [0.25, 0.3) is 0 Å². The van der Waals surface area contributed by atoms with E-state index in [4.69, 9.17) is 0 Å². The summed E-state index contributed by atoms with van der Waals surface area (Å²) in [7, 11) is 1.43. The van der Waals surface area contributed by atoms with Gasteiger partial charge in [-0.15, -0.1) is 0 Å². The second kappa shape index (κ2) is 4.00. The number of nitrogens with zero attached hydrogens (tertiary/aromatic N) is 2. The average molecular weight is 130 g/mol. The molecule has 0 heterocycles. The zero-order chi connectivity index (χ0) is 7.28. The van der Waals surface area contributed by atoms with Crippen molar-refractivity contribution in [2.75, 3.05) is 7.11 Å². The van der Waals surface area contributed by atoms with E-state index in [1.165, 1.54) is 7.11 Å². The molecule has 52 valence electrons. The molecule has 0 aliphatic rings. The fourth-order valence-corrected chi connectivity index (χ4v) is 0.297. The molecule has 0 rings (SSSR count). The molecule has 4 heteroatoms. The molecule has 0 bridgehead atoms. The maximum absolute atomic E-state index is 9.83. The van der Waals surface area contributed by atoms with Crippen molar-refractivity contribution in [3.63, 3.8) is 0 Å². The third-order valence-electron chi connectivity index (χ3n) is 0.998. The molecule has 0 saturated heterocycles. The van der Waals surface area contributed by atoms with Crippen LogP contribution in [0.15, 0.2) is 10.3 Å². The summed E-state index contributed by atoms with van der Waals surface area (Å²) in [6.07, 6.45) is 0. The summed E-state index contributed by atoms with van der Waals surface area (Å²) in [6.45, 7) is 3.35. The van der Waals surface area contributed by atoms with Gasteiger partial charge in [0.05, 0.1) is 5.71 Å². The van der Waals surface area contributed by atoms with Gasteiger partial charge in [-0.1, -0.05) is 10.3 Å². The molecule has 0 aliphatic carbocycles. The third kappa shape index (κ3) is 2.79. The quantitative estimate of drug-likeness (QED) is 0.327. The number of hydrogen-bond donors (Lipinski definition) is 0. The third-order valence-corrected chi connectivity index (χ3v) is 0.998. The van der Waals surface area contributed by atoms with Crippen molar-refractivity contribution < 1.29 is 4.84 Å². The predicted molar refractivity (Wildman–Crippen MR) is 35.4 cm³/mol. The highest BCUT2D eigenvalue weighted by atomic mass is 16.6. The minimum absolute atomic E-state index is 0.384. The van der Waals surface area contributed by atoms with Crippen molar-refractivity contribution in [3.8, 4) is 0 Å². The summed E-state index contributed by atoms with van der Waals surface area (Å²) in [5.74, 6) is 0. The van der Waals surface area contributed by atoms with E-state index in [1.54, 1.807) is 13.8 Å². The molecule has 0 amide bonds. The van der Waals surface area contributed by atoms with E-state index in [1.807, 2.05) is 0 Å². The first kappa shape index (κ1) is 8.07. The first-order valence-corrected chi connectivity index (χ1v) is 2.62. The normalized spacial score (nSPS) is 14.8. The Kier molecular flexibility index (Phi) is 3.59. The van der Waals surface area contributed by atoms with Gasteiger partial charge in [-0.25, -0.2) is 0 Å². The second-order valence-corrected chi connectivity index (χ2v) is 1.70. The van der Waals surface area contributed by atoms with Gasteiger partial charge in [-0.3, -0.25) is 0 Å². The Morgan fingerprint density at radius 3 is 2.56 bits per heavy atom. The van der Waals surface area contributed by atoms with Gasteiger partial charge in [-0.2, -0.15) is 4.91 Å². The monoisotopic (exact) mass is 130 g/mol. The fourth-order valence-electron chi connectivity index (χ4n) is 0.297. The molecule has 4 nitrogen and oxygen atoms in total. The topological polar surface area (TPSA) is 51.0 Å². The largest absolute Gasteiger partial charge is 0.399 e. The van der Waals surface area contributed by atoms with E-state index < -0.39 is 0 Å². The van der Waals surface area contributed by atoms with Crippen molar-refractivity contribution in [2.24, 2.45) is 10.3 Å². The smallest absolute Gasteiger partial charge is 0.130 e. The Morgan fingerprint density at radius 1 is 1.67 bits per heavy atom. The lowest BCUT2D eigenvalue weighted by Crippen LogP contribution is -2.09. The molecule has 0 aliphatic heterocycles. The molecular weight excluding hydrogens is 120 g/mol. The van der Waals surface area contributed by atoms with Gasteiger partial charge in [0, 0.05) is 0 Å². The number of oxime groups is 1. The van der Waals surface area contributed by atoms with Gasteiger partial charge in [0.2, 0.25) is 0 Å². The maximum Gasteiger partial charge on any atom is 0.130 e. The summed E-state index contributed by atoms with van der Waals surface area (Å²) in [4.78, 5) is 14.3. The van der Waals surface area contributed by atoms with E-state index in [2.05, 4.69) is 15.2 Å². The molecule has 0 aromatic rings. The maximum atomic E-state index is 9.83. The minimum Gasteiger partial charge on any atom is -0.399 e. The van der Waals surface area contributed by atoms with E-state index >= 15 is 0 Å². The molecule has 0 spiro atoms. The summed E-state index contributed by atoms with van der Waals surface area (Å²) in [5.41, 5.74) is 0.590. The number of rotatable bonds is 3. The molecule has 0 aromatic carbocycles. The van der Waals surface area contributed by atoms with Crippen LogP contribution in [0.5, 0.6) is 0 Å². The first-order valence-electron chi connectivity index (χ1n) is 2.62. The molecule has 0 fully saturated rings. The summed E-state index contributed by atoms with van der Waals surface area (Å²) in [6, 6.07) is -0.384. The Morgan fingerprint density at radius 2 is 2.22 bits per heavy atom. The van der Waals surface area contributed by atoms with Crippen molar-refractivity contribution in [1.29, 1.82) is 0 Å². The Balaban J connectivity index is 3.84. The Labute approximate surface area is 53.9 Å². The summed E-state index contributed by atoms with van der Waals surface area (Å²) < 4.78 is 0. The first-order chi connectivity index (χ1) is 4.22. The van der Waals surface area contributed by atoms with Crippen LogP contribution in [0.4, 0.5) is 0 Å². The second-order valence-electron chi connectivity index (χ2n) is 1.70. The zero-order valence-electron chi connectivity index (χ0n) is 5.79. The van der Waals surface area contributed by atoms with E-state index in [0.29, 0.717) is 5.71 Å². The van der Waals surface area contributed by atoms with Crippen LogP contribution in [-0.2, 0) is 4.84 Å². The zero-order valence-corrected chi connectivity index (χ0v) is 5.79. The highest BCUT2D eigenvalue weighted by Gasteiger charge is 2.03. The van der Waals surface area contributed by atoms with Crippen molar-refractivity contribution in [1.82, 2.24) is 0 Å². The van der Waals surface area contributed by atoms with Crippen LogP contribution in [0.3, 0.4) is 0 Å². The van der Waals surface area contributed by atoms with E-state index in [9.17, 15) is 4.91 Å². The average Bonchev–Trinajstić information content (AvgIpc) is 1.87. The van der Waals surface area contributed by atoms with Gasteiger partial charge in [0.15, 0.2) is 0 Å². The summed E-state index contributed by atoms with van der Waals surface area (Å²) >= 11 is 0. The Bertz CT molecular complexity index is 122. The van der Waals surface area contributed by atoms with E-state index in [0.717, 1.165) is 0 Å². The highest BCUT2D eigenvalue weighted by molar-refractivity contribution is 5.86. The van der Waals surface area contributed by atoms with Crippen LogP contribution in [-0.4, -0.2) is 18.9 Å². The Hall–Kier alpha value is -0.930. The molecular formula is C5H10N2O2. The molecule has 0 aromatic heterocycles. The van der Waals surface area contributed by atoms with Gasteiger partial charge < -0.3 is 4.84 Å². The molecule has 0 radical (unpaired) electrons. The van der Waals surface area contributed by atoms with E-state index in [-0.39, 0.29) is 6.04 Å². The number of nitroso groups, excluding NO2 is 1. The predicted octanol–water partition coefficient (Wildman–Crippen LogP) is 1.16. The van der Waals surface area contributed by atoms with Crippen LogP contribution in [0, 0.1) is 4.91 Å². The molecule has 0 N–H and O–H groups in total. The fraction of sp³-hybridized carbons (Fsp3) is 0.800. The van der Waals surface area contributed by atoms with Gasteiger partial charge in [0.25, 0.3) is 0 Å². The van der Waals surface area contributed by atoms with Gasteiger partial charge in [0.1, 0.15) is 13.2 Å². The highest BCUT2D eigenvalue weighted by Crippen LogP contribution is 1.92. The van der Waals surface area contributed by atoms with Gasteiger partial charge in [-0.05, 0) is 13.8 Å². The minimum atomic E-state index is -0.384. The summed E-state index contributed by atoms with van der Waals surface area (Å²) in [5, 5.41) is 6.26.